The Morgan fingerprint density at radius 3 is 2.37 bits per heavy atom. The van der Waals surface area contributed by atoms with Crippen molar-refractivity contribution in [3.63, 3.8) is 0 Å². The number of rotatable bonds is 6. The van der Waals surface area contributed by atoms with Gasteiger partial charge >= 0.3 is 0 Å². The molecule has 144 valence electrons. The van der Waals surface area contributed by atoms with Crippen LogP contribution in [0.1, 0.15) is 49.3 Å². The van der Waals surface area contributed by atoms with Crippen LogP contribution in [0.4, 0.5) is 17.3 Å². The van der Waals surface area contributed by atoms with Crippen LogP contribution in [0.15, 0.2) is 30.3 Å². The van der Waals surface area contributed by atoms with Gasteiger partial charge in [-0.05, 0) is 70.4 Å². The minimum Gasteiger partial charge on any atom is -0.372 e. The van der Waals surface area contributed by atoms with Gasteiger partial charge in [-0.15, -0.1) is 0 Å². The van der Waals surface area contributed by atoms with E-state index in [-0.39, 0.29) is 5.91 Å². The number of nitrogens with one attached hydrogen (secondary N) is 1. The van der Waals surface area contributed by atoms with Crippen molar-refractivity contribution in [1.82, 2.24) is 9.97 Å². The van der Waals surface area contributed by atoms with E-state index in [1.165, 1.54) is 24.9 Å². The molecule has 0 saturated carbocycles. The standard InChI is InChI=1S/C21H29N5O/c1-4-25(5-2)21-22-16(3)15-19(24-21)20(27)23-17-9-11-18(12-10-17)26-13-7-6-8-14-26/h9-12,15H,4-8,13-14H2,1-3H3,(H,23,27). The molecule has 1 aliphatic rings. The van der Waals surface area contributed by atoms with Gasteiger partial charge in [-0.2, -0.15) is 0 Å². The lowest BCUT2D eigenvalue weighted by molar-refractivity contribution is 0.102. The van der Waals surface area contributed by atoms with Gasteiger partial charge in [0.2, 0.25) is 5.95 Å². The lowest BCUT2D eigenvalue weighted by Crippen LogP contribution is -2.29. The maximum atomic E-state index is 12.7. The molecule has 0 radical (unpaired) electrons. The predicted octanol–water partition coefficient (Wildman–Crippen LogP) is 3.87. The first-order valence-electron chi connectivity index (χ1n) is 9.87. The summed E-state index contributed by atoms with van der Waals surface area (Å²) in [4.78, 5) is 26.0. The number of anilines is 3. The molecule has 0 bridgehead atoms. The number of hydrogen-bond donors (Lipinski definition) is 1. The summed E-state index contributed by atoms with van der Waals surface area (Å²) in [6.45, 7) is 9.83. The maximum absolute atomic E-state index is 12.7. The Morgan fingerprint density at radius 1 is 1.07 bits per heavy atom. The first-order valence-corrected chi connectivity index (χ1v) is 9.87. The van der Waals surface area contributed by atoms with Crippen LogP contribution >= 0.6 is 0 Å². The summed E-state index contributed by atoms with van der Waals surface area (Å²) >= 11 is 0. The molecule has 0 spiro atoms. The smallest absolute Gasteiger partial charge is 0.274 e. The van der Waals surface area contributed by atoms with Gasteiger partial charge in [0.25, 0.3) is 5.91 Å². The minimum atomic E-state index is -0.209. The fourth-order valence-electron chi connectivity index (χ4n) is 3.42. The van der Waals surface area contributed by atoms with E-state index in [0.29, 0.717) is 11.6 Å². The number of piperidine rings is 1. The molecule has 1 N–H and O–H groups in total. The Bertz CT molecular complexity index is 765. The largest absolute Gasteiger partial charge is 0.372 e. The van der Waals surface area contributed by atoms with E-state index in [1.54, 1.807) is 6.07 Å². The zero-order chi connectivity index (χ0) is 19.2. The third-order valence-corrected chi connectivity index (χ3v) is 4.97. The number of benzene rings is 1. The highest BCUT2D eigenvalue weighted by molar-refractivity contribution is 6.03. The fraction of sp³-hybridized carbons (Fsp3) is 0.476. The number of amides is 1. The normalized spacial score (nSPS) is 14.1. The molecule has 1 aromatic heterocycles. The summed E-state index contributed by atoms with van der Waals surface area (Å²) in [6.07, 6.45) is 3.82. The monoisotopic (exact) mass is 367 g/mol. The minimum absolute atomic E-state index is 0.209. The summed E-state index contributed by atoms with van der Waals surface area (Å²) < 4.78 is 0. The summed E-state index contributed by atoms with van der Waals surface area (Å²) in [5, 5.41) is 2.95. The molecule has 6 nitrogen and oxygen atoms in total. The number of hydrogen-bond acceptors (Lipinski definition) is 5. The summed E-state index contributed by atoms with van der Waals surface area (Å²) in [5.74, 6) is 0.394. The molecule has 1 amide bonds. The second kappa shape index (κ2) is 8.84. The highest BCUT2D eigenvalue weighted by Crippen LogP contribution is 2.22. The van der Waals surface area contributed by atoms with Gasteiger partial charge in [0.15, 0.2) is 0 Å². The molecule has 0 aliphatic carbocycles. The average Bonchev–Trinajstić information content (AvgIpc) is 2.70. The van der Waals surface area contributed by atoms with Crippen molar-refractivity contribution in [2.75, 3.05) is 41.3 Å². The summed E-state index contributed by atoms with van der Waals surface area (Å²) in [6, 6.07) is 9.80. The second-order valence-electron chi connectivity index (χ2n) is 6.92. The Balaban J connectivity index is 1.71. The second-order valence-corrected chi connectivity index (χ2v) is 6.92. The van der Waals surface area contributed by atoms with Crippen LogP contribution in [-0.4, -0.2) is 42.1 Å². The molecule has 1 fully saturated rings. The molecular weight excluding hydrogens is 338 g/mol. The number of aryl methyl sites for hydroxylation is 1. The molecule has 2 aromatic rings. The van der Waals surface area contributed by atoms with Gasteiger partial charge in [-0.1, -0.05) is 0 Å². The topological polar surface area (TPSA) is 61.4 Å². The average molecular weight is 367 g/mol. The van der Waals surface area contributed by atoms with Crippen LogP contribution in [0.3, 0.4) is 0 Å². The Labute approximate surface area is 161 Å². The van der Waals surface area contributed by atoms with Gasteiger partial charge in [0.1, 0.15) is 5.69 Å². The Kier molecular flexibility index (Phi) is 6.27. The lowest BCUT2D eigenvalue weighted by Gasteiger charge is -2.28. The van der Waals surface area contributed by atoms with Crippen LogP contribution in [0.25, 0.3) is 0 Å². The lowest BCUT2D eigenvalue weighted by atomic mass is 10.1. The van der Waals surface area contributed by atoms with Crippen LogP contribution in [0.5, 0.6) is 0 Å². The maximum Gasteiger partial charge on any atom is 0.274 e. The molecular formula is C21H29N5O. The van der Waals surface area contributed by atoms with Crippen LogP contribution < -0.4 is 15.1 Å². The van der Waals surface area contributed by atoms with Crippen molar-refractivity contribution >= 4 is 23.2 Å². The molecule has 3 rings (SSSR count). The van der Waals surface area contributed by atoms with Gasteiger partial charge in [-0.3, -0.25) is 4.79 Å². The van der Waals surface area contributed by atoms with Crippen molar-refractivity contribution in [2.45, 2.75) is 40.0 Å². The molecule has 1 saturated heterocycles. The van der Waals surface area contributed by atoms with E-state index in [1.807, 2.05) is 24.0 Å². The first kappa shape index (κ1) is 19.1. The Morgan fingerprint density at radius 2 is 1.74 bits per heavy atom. The molecule has 0 unspecified atom stereocenters. The molecule has 2 heterocycles. The molecule has 1 aliphatic heterocycles. The van der Waals surface area contributed by atoms with Crippen molar-refractivity contribution < 1.29 is 4.79 Å². The molecule has 1 aromatic carbocycles. The van der Waals surface area contributed by atoms with E-state index in [2.05, 4.69) is 46.2 Å². The van der Waals surface area contributed by atoms with E-state index >= 15 is 0 Å². The van der Waals surface area contributed by atoms with E-state index in [4.69, 9.17) is 0 Å². The number of carbonyl (C=O) groups excluding carboxylic acids is 1. The van der Waals surface area contributed by atoms with Crippen molar-refractivity contribution in [1.29, 1.82) is 0 Å². The van der Waals surface area contributed by atoms with Crippen molar-refractivity contribution in [3.8, 4) is 0 Å². The molecule has 27 heavy (non-hydrogen) atoms. The van der Waals surface area contributed by atoms with Gasteiger partial charge in [-0.25, -0.2) is 9.97 Å². The summed E-state index contributed by atoms with van der Waals surface area (Å²) in [5.41, 5.74) is 3.18. The highest BCUT2D eigenvalue weighted by Gasteiger charge is 2.15. The third kappa shape index (κ3) is 4.76. The SMILES string of the molecule is CCN(CC)c1nc(C)cc(C(=O)Nc2ccc(N3CCCCC3)cc2)n1. The molecule has 6 heteroatoms. The van der Waals surface area contributed by atoms with E-state index in [9.17, 15) is 4.79 Å². The number of aromatic nitrogens is 2. The number of carbonyl (C=O) groups is 1. The summed E-state index contributed by atoms with van der Waals surface area (Å²) in [7, 11) is 0. The van der Waals surface area contributed by atoms with E-state index in [0.717, 1.165) is 37.6 Å². The van der Waals surface area contributed by atoms with Crippen LogP contribution in [0.2, 0.25) is 0 Å². The van der Waals surface area contributed by atoms with Gasteiger partial charge in [0, 0.05) is 43.2 Å². The van der Waals surface area contributed by atoms with Crippen molar-refractivity contribution in [3.05, 3.63) is 41.7 Å². The third-order valence-electron chi connectivity index (χ3n) is 4.97. The van der Waals surface area contributed by atoms with Gasteiger partial charge < -0.3 is 15.1 Å². The van der Waals surface area contributed by atoms with Crippen molar-refractivity contribution in [2.24, 2.45) is 0 Å². The van der Waals surface area contributed by atoms with Crippen LogP contribution in [-0.2, 0) is 0 Å². The quantitative estimate of drug-likeness (QED) is 0.840. The van der Waals surface area contributed by atoms with Crippen LogP contribution in [0, 0.1) is 6.92 Å². The highest BCUT2D eigenvalue weighted by atomic mass is 16.1. The predicted molar refractivity (Wildman–Crippen MR) is 111 cm³/mol. The van der Waals surface area contributed by atoms with E-state index < -0.39 is 0 Å². The Hall–Kier alpha value is -2.63. The zero-order valence-electron chi connectivity index (χ0n) is 16.5. The first-order chi connectivity index (χ1) is 13.1. The van der Waals surface area contributed by atoms with Gasteiger partial charge in [0.05, 0.1) is 0 Å². The zero-order valence-corrected chi connectivity index (χ0v) is 16.5. The molecule has 0 atom stereocenters. The fourth-order valence-corrected chi connectivity index (χ4v) is 3.42. The number of nitrogens with zero attached hydrogens (tertiary/aromatic N) is 4.